The number of carbonyl (C=O) groups excluding carboxylic acids is 1. The second-order valence-corrected chi connectivity index (χ2v) is 12.1. The second kappa shape index (κ2) is 10.4. The van der Waals surface area contributed by atoms with E-state index in [0.717, 1.165) is 25.7 Å². The van der Waals surface area contributed by atoms with Gasteiger partial charge < -0.3 is 10.00 Å². The van der Waals surface area contributed by atoms with Crippen LogP contribution in [0.4, 0.5) is 4.79 Å². The van der Waals surface area contributed by atoms with Crippen molar-refractivity contribution in [2.75, 3.05) is 18.9 Å². The number of hydrogen-bond donors (Lipinski definition) is 2. The number of carbonyl (C=O) groups is 2. The Bertz CT molecular complexity index is 807. The third-order valence-electron chi connectivity index (χ3n) is 7.47. The molecule has 2 amide bonds. The third kappa shape index (κ3) is 5.85. The average molecular weight is 451 g/mol. The van der Waals surface area contributed by atoms with Gasteiger partial charge in [0.15, 0.2) is 0 Å². The Morgan fingerprint density at radius 1 is 1.06 bits per heavy atom. The van der Waals surface area contributed by atoms with Gasteiger partial charge in [0.25, 0.3) is 0 Å². The molecule has 2 fully saturated rings. The summed E-state index contributed by atoms with van der Waals surface area (Å²) in [7, 11) is -3.71. The van der Waals surface area contributed by atoms with Gasteiger partial charge in [0.05, 0.1) is 6.54 Å². The summed E-state index contributed by atoms with van der Waals surface area (Å²) in [6, 6.07) is 9.60. The summed E-state index contributed by atoms with van der Waals surface area (Å²) in [5.74, 6) is 0.0915. The van der Waals surface area contributed by atoms with Gasteiger partial charge in [-0.25, -0.2) is 4.79 Å². The van der Waals surface area contributed by atoms with Crippen LogP contribution in [0.15, 0.2) is 30.3 Å². The zero-order valence-corrected chi connectivity index (χ0v) is 19.5. The number of hydrogen-bond acceptors (Lipinski definition) is 3. The number of quaternary nitrogens is 1. The molecule has 1 saturated heterocycles. The summed E-state index contributed by atoms with van der Waals surface area (Å²) in [5, 5.41) is 10.0. The molecule has 4 atom stereocenters. The van der Waals surface area contributed by atoms with Gasteiger partial charge in [0.1, 0.15) is 12.2 Å². The third-order valence-corrected chi connectivity index (χ3v) is 9.25. The standard InChI is InChI=1S/C24H36NO5P/c1-19-16-22(21-13-6-3-7-14-21)17-25(19,24(27)28)23(26)18-31(29,30)15-9-8-12-20-10-4-2-5-11-20/h2,4-5,10-11,19,21-22H,3,6-9,12-18H2,1H3,(H-,27,28,29,30)/p+1/t19-,22?,25?/m1/s1. The molecule has 0 aromatic heterocycles. The number of aryl methyl sites for hydroxylation is 1. The molecule has 7 heteroatoms. The number of likely N-dealkylation sites (tertiary alicyclic amines) is 1. The van der Waals surface area contributed by atoms with Crippen LogP contribution in [0.25, 0.3) is 0 Å². The minimum atomic E-state index is -3.71. The first kappa shape index (κ1) is 24.2. The first-order valence-electron chi connectivity index (χ1n) is 11.7. The summed E-state index contributed by atoms with van der Waals surface area (Å²) in [6.07, 6.45) is 6.98. The molecule has 3 rings (SSSR count). The van der Waals surface area contributed by atoms with E-state index in [1.165, 1.54) is 24.8 Å². The molecule has 1 aliphatic carbocycles. The van der Waals surface area contributed by atoms with E-state index in [9.17, 15) is 24.2 Å². The Hall–Kier alpha value is -1.49. The highest BCUT2D eigenvalue weighted by Crippen LogP contribution is 2.46. The smallest absolute Gasteiger partial charge is 0.435 e. The quantitative estimate of drug-likeness (QED) is 0.319. The van der Waals surface area contributed by atoms with E-state index in [1.807, 2.05) is 37.3 Å². The molecule has 31 heavy (non-hydrogen) atoms. The highest BCUT2D eigenvalue weighted by atomic mass is 31.2. The fourth-order valence-corrected chi connectivity index (χ4v) is 7.21. The Morgan fingerprint density at radius 2 is 1.74 bits per heavy atom. The summed E-state index contributed by atoms with van der Waals surface area (Å²) < 4.78 is 12.1. The lowest BCUT2D eigenvalue weighted by Crippen LogP contribution is -2.60. The number of nitrogens with zero attached hydrogens (tertiary/aromatic N) is 1. The van der Waals surface area contributed by atoms with Crippen molar-refractivity contribution in [3.8, 4) is 0 Å². The molecule has 2 aliphatic rings. The average Bonchev–Trinajstić information content (AvgIpc) is 3.11. The van der Waals surface area contributed by atoms with E-state index >= 15 is 0 Å². The number of imide groups is 1. The van der Waals surface area contributed by atoms with E-state index in [0.29, 0.717) is 18.8 Å². The van der Waals surface area contributed by atoms with Gasteiger partial charge in [-0.1, -0.05) is 49.6 Å². The molecule has 1 aromatic rings. The Labute approximate surface area is 185 Å². The maximum atomic E-state index is 13.2. The van der Waals surface area contributed by atoms with Gasteiger partial charge in [-0.05, 0) is 50.5 Å². The molecule has 172 valence electrons. The number of benzene rings is 1. The largest absolute Gasteiger partial charge is 0.521 e. The maximum Gasteiger partial charge on any atom is 0.521 e. The molecular formula is C24H37NO5P+. The van der Waals surface area contributed by atoms with Gasteiger partial charge in [-0.15, -0.1) is 0 Å². The van der Waals surface area contributed by atoms with E-state index in [2.05, 4.69) is 0 Å². The molecule has 6 nitrogen and oxygen atoms in total. The predicted molar refractivity (Wildman–Crippen MR) is 121 cm³/mol. The van der Waals surface area contributed by atoms with Crippen molar-refractivity contribution < 1.29 is 28.6 Å². The van der Waals surface area contributed by atoms with Crippen molar-refractivity contribution in [3.05, 3.63) is 35.9 Å². The van der Waals surface area contributed by atoms with Gasteiger partial charge in [-0.3, -0.25) is 4.57 Å². The van der Waals surface area contributed by atoms with Crippen molar-refractivity contribution in [3.63, 3.8) is 0 Å². The van der Waals surface area contributed by atoms with E-state index in [-0.39, 0.29) is 24.7 Å². The van der Waals surface area contributed by atoms with Crippen LogP contribution in [0.1, 0.15) is 63.9 Å². The zero-order chi connectivity index (χ0) is 22.5. The van der Waals surface area contributed by atoms with Crippen LogP contribution in [-0.2, 0) is 15.8 Å². The minimum absolute atomic E-state index is 0.0611. The number of carboxylic acid groups (broad SMARTS) is 1. The number of amides is 2. The fraction of sp³-hybridized carbons (Fsp3) is 0.667. The van der Waals surface area contributed by atoms with Crippen LogP contribution >= 0.6 is 7.37 Å². The number of rotatable bonds is 8. The van der Waals surface area contributed by atoms with Gasteiger partial charge in [0.2, 0.25) is 7.37 Å². The molecule has 1 heterocycles. The Balaban J connectivity index is 1.58. The molecular weight excluding hydrogens is 413 g/mol. The molecule has 2 N–H and O–H groups in total. The molecule has 0 radical (unpaired) electrons. The summed E-state index contributed by atoms with van der Waals surface area (Å²) in [6.45, 7) is 2.09. The van der Waals surface area contributed by atoms with Gasteiger partial charge in [0, 0.05) is 18.5 Å². The van der Waals surface area contributed by atoms with Crippen LogP contribution in [0.5, 0.6) is 0 Å². The first-order valence-corrected chi connectivity index (χ1v) is 13.8. The molecule has 0 bridgehead atoms. The lowest BCUT2D eigenvalue weighted by atomic mass is 9.79. The lowest BCUT2D eigenvalue weighted by Gasteiger charge is -2.31. The van der Waals surface area contributed by atoms with Crippen LogP contribution in [-0.4, -0.2) is 51.4 Å². The Morgan fingerprint density at radius 3 is 2.39 bits per heavy atom. The van der Waals surface area contributed by atoms with Crippen molar-refractivity contribution >= 4 is 19.4 Å². The fourth-order valence-electron chi connectivity index (χ4n) is 5.66. The molecule has 3 unspecified atom stereocenters. The highest BCUT2D eigenvalue weighted by Gasteiger charge is 2.58. The summed E-state index contributed by atoms with van der Waals surface area (Å²) >= 11 is 0. The van der Waals surface area contributed by atoms with Crippen molar-refractivity contribution in [1.29, 1.82) is 0 Å². The van der Waals surface area contributed by atoms with Crippen LogP contribution in [0.2, 0.25) is 0 Å². The van der Waals surface area contributed by atoms with Crippen molar-refractivity contribution in [2.45, 2.75) is 70.8 Å². The van der Waals surface area contributed by atoms with Crippen LogP contribution in [0.3, 0.4) is 0 Å². The lowest BCUT2D eigenvalue weighted by molar-refractivity contribution is -0.793. The van der Waals surface area contributed by atoms with Crippen molar-refractivity contribution in [1.82, 2.24) is 0 Å². The SMILES string of the molecule is C[C@@H]1CC(C2CCCCC2)C[N+]1(C(=O)O)C(=O)CP(=O)(O)CCCCc1ccccc1. The first-order chi connectivity index (χ1) is 14.7. The molecule has 0 spiro atoms. The molecule has 1 aliphatic heterocycles. The van der Waals surface area contributed by atoms with E-state index in [4.69, 9.17) is 0 Å². The monoisotopic (exact) mass is 450 g/mol. The summed E-state index contributed by atoms with van der Waals surface area (Å²) in [5.41, 5.74) is 1.18. The zero-order valence-electron chi connectivity index (χ0n) is 18.6. The molecule has 1 saturated carbocycles. The topological polar surface area (TPSA) is 91.7 Å². The highest BCUT2D eigenvalue weighted by molar-refractivity contribution is 7.58. The normalized spacial score (nSPS) is 28.8. The van der Waals surface area contributed by atoms with Gasteiger partial charge >= 0.3 is 12.0 Å². The van der Waals surface area contributed by atoms with Gasteiger partial charge in [-0.2, -0.15) is 9.28 Å². The van der Waals surface area contributed by atoms with Crippen LogP contribution in [0, 0.1) is 11.8 Å². The minimum Gasteiger partial charge on any atom is -0.435 e. The van der Waals surface area contributed by atoms with E-state index in [1.54, 1.807) is 0 Å². The Kier molecular flexibility index (Phi) is 8.12. The predicted octanol–water partition coefficient (Wildman–Crippen LogP) is 5.29. The number of unbranched alkanes of at least 4 members (excludes halogenated alkanes) is 1. The second-order valence-electron chi connectivity index (χ2n) is 9.64. The summed E-state index contributed by atoms with van der Waals surface area (Å²) in [4.78, 5) is 35.9. The van der Waals surface area contributed by atoms with Crippen molar-refractivity contribution in [2.24, 2.45) is 11.8 Å². The molecule has 1 aromatic carbocycles. The van der Waals surface area contributed by atoms with E-state index < -0.39 is 30.0 Å². The van der Waals surface area contributed by atoms with Crippen LogP contribution < -0.4 is 0 Å². The maximum absolute atomic E-state index is 13.2.